The minimum atomic E-state index is -0.350. The summed E-state index contributed by atoms with van der Waals surface area (Å²) in [5.41, 5.74) is 2.26. The van der Waals surface area contributed by atoms with Gasteiger partial charge in [-0.15, -0.1) is 0 Å². The van der Waals surface area contributed by atoms with Gasteiger partial charge < -0.3 is 16.0 Å². The third kappa shape index (κ3) is 4.68. The van der Waals surface area contributed by atoms with E-state index in [0.29, 0.717) is 23.8 Å². The zero-order chi connectivity index (χ0) is 18.4. The summed E-state index contributed by atoms with van der Waals surface area (Å²) < 4.78 is 0. The fourth-order valence-corrected chi connectivity index (χ4v) is 2.65. The molecule has 0 atom stereocenters. The quantitative estimate of drug-likeness (QED) is 0.728. The van der Waals surface area contributed by atoms with Crippen LogP contribution in [0.2, 0.25) is 5.02 Å². The fourth-order valence-electron chi connectivity index (χ4n) is 2.45. The van der Waals surface area contributed by atoms with E-state index in [-0.39, 0.29) is 18.6 Å². The Morgan fingerprint density at radius 3 is 2.73 bits per heavy atom. The Labute approximate surface area is 156 Å². The molecular weight excluding hydrogens is 352 g/mol. The molecule has 0 unspecified atom stereocenters. The Morgan fingerprint density at radius 1 is 1.23 bits per heavy atom. The maximum atomic E-state index is 11.8. The molecule has 132 valence electrons. The van der Waals surface area contributed by atoms with Gasteiger partial charge in [0.05, 0.1) is 6.54 Å². The van der Waals surface area contributed by atoms with Gasteiger partial charge in [-0.25, -0.2) is 9.59 Å². The minimum Gasteiger partial charge on any atom is -0.336 e. The average molecular weight is 369 g/mol. The van der Waals surface area contributed by atoms with Crippen molar-refractivity contribution in [2.75, 3.05) is 29.9 Å². The van der Waals surface area contributed by atoms with E-state index >= 15 is 0 Å². The largest absolute Gasteiger partial charge is 0.336 e. The summed E-state index contributed by atoms with van der Waals surface area (Å²) in [6.07, 6.45) is 0. The van der Waals surface area contributed by atoms with Crippen LogP contribution >= 0.6 is 11.6 Å². The first-order valence-corrected chi connectivity index (χ1v) is 8.44. The summed E-state index contributed by atoms with van der Waals surface area (Å²) in [5, 5.41) is 8.65. The van der Waals surface area contributed by atoms with Crippen molar-refractivity contribution in [2.45, 2.75) is 0 Å². The van der Waals surface area contributed by atoms with Crippen LogP contribution in [0.1, 0.15) is 5.56 Å². The number of nitrogens with zero attached hydrogens (tertiary/aromatic N) is 1. The first-order valence-electron chi connectivity index (χ1n) is 8.06. The molecular formula is C19H17ClN4O2. The van der Waals surface area contributed by atoms with Crippen molar-refractivity contribution in [1.82, 2.24) is 10.6 Å². The highest BCUT2D eigenvalue weighted by Crippen LogP contribution is 2.17. The second-order valence-corrected chi connectivity index (χ2v) is 5.99. The highest BCUT2D eigenvalue weighted by molar-refractivity contribution is 6.30. The SMILES string of the molecule is O=C(NCC#Cc1ccc(N2CCNC2=O)cc1)Nc1cccc(Cl)c1. The van der Waals surface area contributed by atoms with Crippen molar-refractivity contribution >= 4 is 35.0 Å². The molecule has 6 nitrogen and oxygen atoms in total. The molecule has 26 heavy (non-hydrogen) atoms. The van der Waals surface area contributed by atoms with Crippen LogP contribution in [-0.2, 0) is 0 Å². The molecule has 0 bridgehead atoms. The predicted molar refractivity (Wildman–Crippen MR) is 103 cm³/mol. The molecule has 1 heterocycles. The van der Waals surface area contributed by atoms with Crippen LogP contribution in [0.3, 0.4) is 0 Å². The maximum absolute atomic E-state index is 11.8. The molecule has 2 aromatic carbocycles. The number of carbonyl (C=O) groups is 2. The van der Waals surface area contributed by atoms with Crippen LogP contribution < -0.4 is 20.9 Å². The monoisotopic (exact) mass is 368 g/mol. The predicted octanol–water partition coefficient (Wildman–Crippen LogP) is 3.04. The second kappa shape index (κ2) is 8.28. The van der Waals surface area contributed by atoms with Gasteiger partial charge in [-0.3, -0.25) is 4.90 Å². The van der Waals surface area contributed by atoms with E-state index in [1.54, 1.807) is 29.2 Å². The van der Waals surface area contributed by atoms with Crippen LogP contribution in [-0.4, -0.2) is 31.7 Å². The minimum absolute atomic E-state index is 0.0845. The molecule has 1 saturated heterocycles. The lowest BCUT2D eigenvalue weighted by Gasteiger charge is -2.13. The van der Waals surface area contributed by atoms with Crippen LogP contribution in [0, 0.1) is 11.8 Å². The van der Waals surface area contributed by atoms with Gasteiger partial charge in [-0.1, -0.05) is 29.5 Å². The molecule has 3 rings (SSSR count). The van der Waals surface area contributed by atoms with Crippen molar-refractivity contribution in [3.05, 3.63) is 59.1 Å². The zero-order valence-electron chi connectivity index (χ0n) is 13.9. The Bertz CT molecular complexity index is 871. The van der Waals surface area contributed by atoms with Crippen molar-refractivity contribution in [3.63, 3.8) is 0 Å². The number of urea groups is 2. The first-order chi connectivity index (χ1) is 12.6. The molecule has 1 aliphatic heterocycles. The van der Waals surface area contributed by atoms with E-state index in [4.69, 9.17) is 11.6 Å². The van der Waals surface area contributed by atoms with Gasteiger partial charge in [-0.05, 0) is 42.5 Å². The molecule has 0 aliphatic carbocycles. The number of hydrogen-bond donors (Lipinski definition) is 3. The van der Waals surface area contributed by atoms with Gasteiger partial charge in [-0.2, -0.15) is 0 Å². The van der Waals surface area contributed by atoms with E-state index in [1.165, 1.54) is 0 Å². The number of anilines is 2. The highest BCUT2D eigenvalue weighted by Gasteiger charge is 2.20. The number of carbonyl (C=O) groups excluding carboxylic acids is 2. The summed E-state index contributed by atoms with van der Waals surface area (Å²) in [4.78, 5) is 25.1. The molecule has 1 aliphatic rings. The molecule has 3 N–H and O–H groups in total. The molecule has 2 aromatic rings. The Kier molecular flexibility index (Phi) is 5.62. The third-order valence-corrected chi connectivity index (χ3v) is 3.92. The van der Waals surface area contributed by atoms with E-state index in [2.05, 4.69) is 27.8 Å². The van der Waals surface area contributed by atoms with Gasteiger partial charge in [0, 0.05) is 35.1 Å². The lowest BCUT2D eigenvalue weighted by molar-refractivity contribution is 0.251. The number of amides is 4. The van der Waals surface area contributed by atoms with Crippen molar-refractivity contribution in [1.29, 1.82) is 0 Å². The van der Waals surface area contributed by atoms with E-state index in [0.717, 1.165) is 11.3 Å². The number of nitrogens with one attached hydrogen (secondary N) is 3. The second-order valence-electron chi connectivity index (χ2n) is 5.55. The molecule has 0 radical (unpaired) electrons. The summed E-state index contributed by atoms with van der Waals surface area (Å²) in [7, 11) is 0. The lowest BCUT2D eigenvalue weighted by Crippen LogP contribution is -2.28. The van der Waals surface area contributed by atoms with Gasteiger partial charge >= 0.3 is 12.1 Å². The number of rotatable bonds is 3. The van der Waals surface area contributed by atoms with Gasteiger partial charge in [0.15, 0.2) is 0 Å². The normalized spacial score (nSPS) is 12.8. The Balaban J connectivity index is 1.48. The van der Waals surface area contributed by atoms with Crippen molar-refractivity contribution < 1.29 is 9.59 Å². The number of hydrogen-bond acceptors (Lipinski definition) is 2. The Hall–Kier alpha value is -3.17. The first kappa shape index (κ1) is 17.6. The summed E-state index contributed by atoms with van der Waals surface area (Å²) in [6, 6.07) is 13.9. The van der Waals surface area contributed by atoms with E-state index in [9.17, 15) is 9.59 Å². The van der Waals surface area contributed by atoms with Crippen LogP contribution in [0.5, 0.6) is 0 Å². The fraction of sp³-hybridized carbons (Fsp3) is 0.158. The summed E-state index contributed by atoms with van der Waals surface area (Å²) in [5.74, 6) is 5.86. The van der Waals surface area contributed by atoms with Crippen molar-refractivity contribution in [3.8, 4) is 11.8 Å². The van der Waals surface area contributed by atoms with Crippen LogP contribution in [0.4, 0.5) is 21.0 Å². The molecule has 1 fully saturated rings. The lowest BCUT2D eigenvalue weighted by atomic mass is 10.2. The number of benzene rings is 2. The maximum Gasteiger partial charge on any atom is 0.321 e. The van der Waals surface area contributed by atoms with Crippen LogP contribution in [0.15, 0.2) is 48.5 Å². The molecule has 0 saturated carbocycles. The third-order valence-electron chi connectivity index (χ3n) is 3.69. The molecule has 7 heteroatoms. The van der Waals surface area contributed by atoms with Crippen LogP contribution in [0.25, 0.3) is 0 Å². The topological polar surface area (TPSA) is 73.5 Å². The van der Waals surface area contributed by atoms with E-state index in [1.807, 2.05) is 24.3 Å². The Morgan fingerprint density at radius 2 is 2.04 bits per heavy atom. The van der Waals surface area contributed by atoms with Crippen molar-refractivity contribution in [2.24, 2.45) is 0 Å². The zero-order valence-corrected chi connectivity index (χ0v) is 14.6. The van der Waals surface area contributed by atoms with Gasteiger partial charge in [0.2, 0.25) is 0 Å². The molecule has 4 amide bonds. The molecule has 0 spiro atoms. The number of halogens is 1. The standard InChI is InChI=1S/C19H17ClN4O2/c20-15-4-1-5-16(13-15)23-18(25)21-10-2-3-14-6-8-17(9-7-14)24-12-11-22-19(24)26/h1,4-9,13H,10-12H2,(H,22,26)(H2,21,23,25). The van der Waals surface area contributed by atoms with Gasteiger partial charge in [0.25, 0.3) is 0 Å². The average Bonchev–Trinajstić information content (AvgIpc) is 3.05. The summed E-state index contributed by atoms with van der Waals surface area (Å²) >= 11 is 5.86. The molecule has 0 aromatic heterocycles. The van der Waals surface area contributed by atoms with Gasteiger partial charge in [0.1, 0.15) is 0 Å². The summed E-state index contributed by atoms with van der Waals surface area (Å²) in [6.45, 7) is 1.53. The smallest absolute Gasteiger partial charge is 0.321 e. The highest BCUT2D eigenvalue weighted by atomic mass is 35.5. The van der Waals surface area contributed by atoms with E-state index < -0.39 is 0 Å².